The van der Waals surface area contributed by atoms with E-state index < -0.39 is 5.60 Å². The number of nitrogens with two attached hydrogens (primary N) is 1. The van der Waals surface area contributed by atoms with Gasteiger partial charge in [-0.25, -0.2) is 0 Å². The summed E-state index contributed by atoms with van der Waals surface area (Å²) in [5.74, 6) is 0.680. The summed E-state index contributed by atoms with van der Waals surface area (Å²) >= 11 is 0. The van der Waals surface area contributed by atoms with Gasteiger partial charge in [-0.15, -0.1) is 0 Å². The van der Waals surface area contributed by atoms with Gasteiger partial charge >= 0.3 is 0 Å². The maximum absolute atomic E-state index is 10.2. The van der Waals surface area contributed by atoms with Crippen molar-refractivity contribution >= 4 is 0 Å². The molecule has 2 rings (SSSR count). The Bertz CT molecular complexity index is 260. The molecule has 1 heterocycles. The minimum Gasteiger partial charge on any atom is -0.466 e. The monoisotopic (exact) mass is 181 g/mol. The predicted octanol–water partition coefficient (Wildman–Crippen LogP) is 1.37. The SMILES string of the molecule is NC1CCC(O)(c2ccco2)CC1. The van der Waals surface area contributed by atoms with Gasteiger partial charge in [-0.3, -0.25) is 0 Å². The summed E-state index contributed by atoms with van der Waals surface area (Å²) in [6.07, 6.45) is 4.76. The van der Waals surface area contributed by atoms with Crippen molar-refractivity contribution in [1.29, 1.82) is 0 Å². The van der Waals surface area contributed by atoms with Crippen molar-refractivity contribution in [2.75, 3.05) is 0 Å². The first kappa shape index (κ1) is 8.78. The third kappa shape index (κ3) is 1.62. The molecule has 72 valence electrons. The first-order valence-corrected chi connectivity index (χ1v) is 4.73. The Balaban J connectivity index is 2.13. The van der Waals surface area contributed by atoms with Crippen molar-refractivity contribution in [2.45, 2.75) is 37.3 Å². The molecule has 0 bridgehead atoms. The van der Waals surface area contributed by atoms with Crippen LogP contribution in [0, 0.1) is 0 Å². The predicted molar refractivity (Wildman–Crippen MR) is 49.0 cm³/mol. The number of aliphatic hydroxyl groups is 1. The normalized spacial score (nSPS) is 34.8. The van der Waals surface area contributed by atoms with E-state index >= 15 is 0 Å². The summed E-state index contributed by atoms with van der Waals surface area (Å²) in [5, 5.41) is 10.2. The van der Waals surface area contributed by atoms with Crippen LogP contribution in [0.15, 0.2) is 22.8 Å². The summed E-state index contributed by atoms with van der Waals surface area (Å²) in [4.78, 5) is 0. The summed E-state index contributed by atoms with van der Waals surface area (Å²) in [7, 11) is 0. The molecule has 1 aliphatic rings. The topological polar surface area (TPSA) is 59.4 Å². The maximum atomic E-state index is 10.2. The molecule has 0 atom stereocenters. The molecule has 3 N–H and O–H groups in total. The largest absolute Gasteiger partial charge is 0.466 e. The molecule has 1 saturated carbocycles. The summed E-state index contributed by atoms with van der Waals surface area (Å²) in [6.45, 7) is 0. The van der Waals surface area contributed by atoms with E-state index in [1.165, 1.54) is 0 Å². The van der Waals surface area contributed by atoms with Crippen molar-refractivity contribution < 1.29 is 9.52 Å². The van der Waals surface area contributed by atoms with Gasteiger partial charge < -0.3 is 15.3 Å². The molecule has 0 aromatic carbocycles. The molecule has 1 aromatic heterocycles. The van der Waals surface area contributed by atoms with Crippen LogP contribution in [0.4, 0.5) is 0 Å². The lowest BCUT2D eigenvalue weighted by atomic mass is 9.81. The van der Waals surface area contributed by atoms with Crippen molar-refractivity contribution in [3.05, 3.63) is 24.2 Å². The third-order valence-corrected chi connectivity index (χ3v) is 2.84. The molecular formula is C10H15NO2. The first-order chi connectivity index (χ1) is 6.21. The van der Waals surface area contributed by atoms with Crippen LogP contribution in [-0.4, -0.2) is 11.1 Å². The van der Waals surface area contributed by atoms with Gasteiger partial charge in [0.05, 0.1) is 6.26 Å². The van der Waals surface area contributed by atoms with Crippen LogP contribution in [0.25, 0.3) is 0 Å². The van der Waals surface area contributed by atoms with Gasteiger partial charge in [0.2, 0.25) is 0 Å². The molecule has 13 heavy (non-hydrogen) atoms. The fraction of sp³-hybridized carbons (Fsp3) is 0.600. The Labute approximate surface area is 77.5 Å². The second-order valence-corrected chi connectivity index (χ2v) is 3.85. The average molecular weight is 181 g/mol. The molecule has 0 unspecified atom stereocenters. The first-order valence-electron chi connectivity index (χ1n) is 4.73. The second kappa shape index (κ2) is 3.16. The smallest absolute Gasteiger partial charge is 0.135 e. The van der Waals surface area contributed by atoms with E-state index in [1.54, 1.807) is 6.26 Å². The van der Waals surface area contributed by atoms with Crippen LogP contribution in [0.5, 0.6) is 0 Å². The van der Waals surface area contributed by atoms with Crippen LogP contribution >= 0.6 is 0 Å². The van der Waals surface area contributed by atoms with Crippen LogP contribution in [0.1, 0.15) is 31.4 Å². The highest BCUT2D eigenvalue weighted by atomic mass is 16.4. The van der Waals surface area contributed by atoms with Gasteiger partial charge in [0.25, 0.3) is 0 Å². The molecule has 0 amide bonds. The minimum absolute atomic E-state index is 0.246. The van der Waals surface area contributed by atoms with E-state index in [9.17, 15) is 5.11 Å². The van der Waals surface area contributed by atoms with Gasteiger partial charge in [-0.1, -0.05) is 0 Å². The highest BCUT2D eigenvalue weighted by Gasteiger charge is 2.35. The molecule has 0 saturated heterocycles. The van der Waals surface area contributed by atoms with E-state index in [-0.39, 0.29) is 6.04 Å². The molecule has 0 radical (unpaired) electrons. The molecule has 3 nitrogen and oxygen atoms in total. The maximum Gasteiger partial charge on any atom is 0.135 e. The van der Waals surface area contributed by atoms with E-state index in [2.05, 4.69) is 0 Å². The summed E-state index contributed by atoms with van der Waals surface area (Å²) < 4.78 is 5.22. The van der Waals surface area contributed by atoms with Crippen LogP contribution in [-0.2, 0) is 5.60 Å². The highest BCUT2D eigenvalue weighted by molar-refractivity contribution is 5.10. The Kier molecular flexibility index (Phi) is 2.14. The molecule has 1 fully saturated rings. The quantitative estimate of drug-likeness (QED) is 0.687. The van der Waals surface area contributed by atoms with E-state index in [1.807, 2.05) is 12.1 Å². The number of furan rings is 1. The molecule has 0 spiro atoms. The number of rotatable bonds is 1. The third-order valence-electron chi connectivity index (χ3n) is 2.84. The lowest BCUT2D eigenvalue weighted by molar-refractivity contribution is -0.0237. The van der Waals surface area contributed by atoms with Gasteiger partial charge in [0, 0.05) is 6.04 Å². The van der Waals surface area contributed by atoms with Gasteiger partial charge in [0.1, 0.15) is 11.4 Å². The lowest BCUT2D eigenvalue weighted by Gasteiger charge is -2.32. The summed E-state index contributed by atoms with van der Waals surface area (Å²) in [6, 6.07) is 3.88. The standard InChI is InChI=1S/C10H15NO2/c11-8-3-5-10(12,6-4-8)9-2-1-7-13-9/h1-2,7-8,12H,3-6,11H2. The zero-order valence-electron chi connectivity index (χ0n) is 7.57. The Morgan fingerprint density at radius 1 is 1.46 bits per heavy atom. The number of hydrogen-bond acceptors (Lipinski definition) is 3. The van der Waals surface area contributed by atoms with E-state index in [0.717, 1.165) is 12.8 Å². The molecule has 1 aliphatic carbocycles. The Hall–Kier alpha value is -0.800. The molecule has 1 aromatic rings. The lowest BCUT2D eigenvalue weighted by Crippen LogP contribution is -2.36. The van der Waals surface area contributed by atoms with Crippen molar-refractivity contribution in [1.82, 2.24) is 0 Å². The van der Waals surface area contributed by atoms with Crippen LogP contribution in [0.3, 0.4) is 0 Å². The minimum atomic E-state index is -0.765. The van der Waals surface area contributed by atoms with Crippen LogP contribution < -0.4 is 5.73 Å². The van der Waals surface area contributed by atoms with E-state index in [4.69, 9.17) is 10.2 Å². The summed E-state index contributed by atoms with van der Waals surface area (Å²) in [5.41, 5.74) is 5.00. The number of hydrogen-bond donors (Lipinski definition) is 2. The highest BCUT2D eigenvalue weighted by Crippen LogP contribution is 2.36. The van der Waals surface area contributed by atoms with Crippen molar-refractivity contribution in [3.63, 3.8) is 0 Å². The van der Waals surface area contributed by atoms with Crippen molar-refractivity contribution in [3.8, 4) is 0 Å². The molecular weight excluding hydrogens is 166 g/mol. The fourth-order valence-corrected chi connectivity index (χ4v) is 1.91. The molecule has 3 heteroatoms. The zero-order chi connectivity index (χ0) is 9.31. The van der Waals surface area contributed by atoms with Gasteiger partial charge in [-0.05, 0) is 37.8 Å². The molecule has 0 aliphatic heterocycles. The Morgan fingerprint density at radius 2 is 2.15 bits per heavy atom. The van der Waals surface area contributed by atoms with Gasteiger partial charge in [0.15, 0.2) is 0 Å². The van der Waals surface area contributed by atoms with Crippen molar-refractivity contribution in [2.24, 2.45) is 5.73 Å². The van der Waals surface area contributed by atoms with Crippen LogP contribution in [0.2, 0.25) is 0 Å². The second-order valence-electron chi connectivity index (χ2n) is 3.85. The fourth-order valence-electron chi connectivity index (χ4n) is 1.91. The Morgan fingerprint density at radius 3 is 2.69 bits per heavy atom. The zero-order valence-corrected chi connectivity index (χ0v) is 7.57. The van der Waals surface area contributed by atoms with Gasteiger partial charge in [-0.2, -0.15) is 0 Å². The van der Waals surface area contributed by atoms with E-state index in [0.29, 0.717) is 18.6 Å². The average Bonchev–Trinajstić information content (AvgIpc) is 2.63.